The summed E-state index contributed by atoms with van der Waals surface area (Å²) in [6.45, 7) is 4.68. The fourth-order valence-electron chi connectivity index (χ4n) is 4.43. The molecule has 1 unspecified atom stereocenters. The van der Waals surface area contributed by atoms with Crippen molar-refractivity contribution in [3.05, 3.63) is 29.8 Å². The van der Waals surface area contributed by atoms with Crippen molar-refractivity contribution >= 4 is 23.4 Å². The van der Waals surface area contributed by atoms with E-state index in [9.17, 15) is 14.4 Å². The topological polar surface area (TPSA) is 87.3 Å². The van der Waals surface area contributed by atoms with Crippen LogP contribution in [0.2, 0.25) is 0 Å². The van der Waals surface area contributed by atoms with Gasteiger partial charge in [0.15, 0.2) is 0 Å². The van der Waals surface area contributed by atoms with Gasteiger partial charge in [-0.3, -0.25) is 14.4 Å². The number of anilines is 1. The second kappa shape index (κ2) is 8.76. The van der Waals surface area contributed by atoms with Crippen LogP contribution in [-0.4, -0.2) is 30.3 Å². The Morgan fingerprint density at radius 2 is 1.86 bits per heavy atom. The Kier molecular flexibility index (Phi) is 6.37. The van der Waals surface area contributed by atoms with Crippen LogP contribution in [0.3, 0.4) is 0 Å². The van der Waals surface area contributed by atoms with Gasteiger partial charge in [-0.15, -0.1) is 0 Å². The fourth-order valence-corrected chi connectivity index (χ4v) is 4.43. The number of carbonyl (C=O) groups excluding carboxylic acids is 3. The Bertz CT molecular complexity index is 736. The first-order chi connectivity index (χ1) is 13.5. The van der Waals surface area contributed by atoms with Crippen molar-refractivity contribution in [2.45, 2.75) is 64.8 Å². The summed E-state index contributed by atoms with van der Waals surface area (Å²) < 4.78 is 0. The summed E-state index contributed by atoms with van der Waals surface area (Å²) in [6, 6.07) is 6.41. The van der Waals surface area contributed by atoms with Crippen molar-refractivity contribution in [2.24, 2.45) is 11.3 Å². The van der Waals surface area contributed by atoms with Gasteiger partial charge in [-0.2, -0.15) is 0 Å². The van der Waals surface area contributed by atoms with Crippen molar-refractivity contribution in [3.63, 3.8) is 0 Å². The van der Waals surface area contributed by atoms with Crippen molar-refractivity contribution in [1.29, 1.82) is 0 Å². The Balaban J connectivity index is 1.68. The van der Waals surface area contributed by atoms with Crippen LogP contribution in [0, 0.1) is 11.3 Å². The smallest absolute Gasteiger partial charge is 0.252 e. The number of rotatable bonds is 6. The van der Waals surface area contributed by atoms with Crippen LogP contribution in [0.1, 0.15) is 69.2 Å². The summed E-state index contributed by atoms with van der Waals surface area (Å²) in [5.41, 5.74) is 0.818. The largest absolute Gasteiger partial charge is 0.354 e. The lowest BCUT2D eigenvalue weighted by atomic mass is 9.77. The van der Waals surface area contributed by atoms with Crippen LogP contribution in [0.5, 0.6) is 0 Å². The van der Waals surface area contributed by atoms with Gasteiger partial charge >= 0.3 is 0 Å². The Hall–Kier alpha value is -2.37. The molecule has 3 rings (SSSR count). The molecule has 3 amide bonds. The zero-order valence-electron chi connectivity index (χ0n) is 16.8. The predicted molar refractivity (Wildman–Crippen MR) is 109 cm³/mol. The molecule has 6 heteroatoms. The Morgan fingerprint density at radius 1 is 1.14 bits per heavy atom. The van der Waals surface area contributed by atoms with Crippen LogP contribution in [0.15, 0.2) is 24.3 Å². The number of hydrogen-bond donors (Lipinski definition) is 3. The highest BCUT2D eigenvalue weighted by Crippen LogP contribution is 2.34. The van der Waals surface area contributed by atoms with Crippen molar-refractivity contribution in [2.75, 3.05) is 11.9 Å². The average molecular weight is 386 g/mol. The van der Waals surface area contributed by atoms with Gasteiger partial charge < -0.3 is 16.0 Å². The fraction of sp³-hybridized carbons (Fsp3) is 0.591. The van der Waals surface area contributed by atoms with E-state index in [1.807, 2.05) is 13.8 Å². The minimum Gasteiger partial charge on any atom is -0.354 e. The Morgan fingerprint density at radius 3 is 2.54 bits per heavy atom. The van der Waals surface area contributed by atoms with Crippen LogP contribution < -0.4 is 16.0 Å². The van der Waals surface area contributed by atoms with Gasteiger partial charge in [-0.25, -0.2) is 0 Å². The second-order valence-electron chi connectivity index (χ2n) is 8.10. The molecule has 1 aliphatic heterocycles. The lowest BCUT2D eigenvalue weighted by molar-refractivity contribution is -0.122. The molecule has 6 nitrogen and oxygen atoms in total. The zero-order chi connectivity index (χ0) is 20.1. The van der Waals surface area contributed by atoms with Crippen molar-refractivity contribution < 1.29 is 14.4 Å². The van der Waals surface area contributed by atoms with Gasteiger partial charge in [-0.05, 0) is 43.9 Å². The van der Waals surface area contributed by atoms with Crippen LogP contribution in [0.25, 0.3) is 0 Å². The first-order valence-corrected chi connectivity index (χ1v) is 10.5. The summed E-state index contributed by atoms with van der Waals surface area (Å²) >= 11 is 0. The number of carbonyl (C=O) groups is 3. The summed E-state index contributed by atoms with van der Waals surface area (Å²) in [5.74, 6) is -0.326. The summed E-state index contributed by atoms with van der Waals surface area (Å²) in [7, 11) is 0. The maximum atomic E-state index is 12.8. The maximum Gasteiger partial charge on any atom is 0.252 e. The van der Waals surface area contributed by atoms with E-state index in [4.69, 9.17) is 0 Å². The normalized spacial score (nSPS) is 21.8. The van der Waals surface area contributed by atoms with E-state index in [0.717, 1.165) is 38.5 Å². The van der Waals surface area contributed by atoms with E-state index in [-0.39, 0.29) is 29.1 Å². The zero-order valence-corrected chi connectivity index (χ0v) is 16.8. The summed E-state index contributed by atoms with van der Waals surface area (Å²) in [6.07, 6.45) is 6.87. The molecule has 3 N–H and O–H groups in total. The minimum absolute atomic E-state index is 0.0309. The third-order valence-electron chi connectivity index (χ3n) is 6.54. The number of amides is 3. The van der Waals surface area contributed by atoms with Crippen LogP contribution >= 0.6 is 0 Å². The number of benzene rings is 1. The molecule has 1 aromatic carbocycles. The van der Waals surface area contributed by atoms with Crippen molar-refractivity contribution in [1.82, 2.24) is 10.6 Å². The lowest BCUT2D eigenvalue weighted by Gasteiger charge is -2.31. The highest BCUT2D eigenvalue weighted by molar-refractivity contribution is 6.00. The molecule has 0 radical (unpaired) electrons. The third-order valence-corrected chi connectivity index (χ3v) is 6.54. The van der Waals surface area contributed by atoms with Gasteiger partial charge in [0.05, 0.1) is 0 Å². The highest BCUT2D eigenvalue weighted by Gasteiger charge is 2.46. The van der Waals surface area contributed by atoms with Crippen LogP contribution in [0.4, 0.5) is 5.69 Å². The van der Waals surface area contributed by atoms with E-state index >= 15 is 0 Å². The van der Waals surface area contributed by atoms with E-state index in [1.54, 1.807) is 24.3 Å². The van der Waals surface area contributed by atoms with Crippen LogP contribution in [-0.2, 0) is 9.59 Å². The molecule has 28 heavy (non-hydrogen) atoms. The maximum absolute atomic E-state index is 12.8. The van der Waals surface area contributed by atoms with Gasteiger partial charge in [-0.1, -0.05) is 39.2 Å². The highest BCUT2D eigenvalue weighted by atomic mass is 16.2. The molecule has 0 bridgehead atoms. The average Bonchev–Trinajstić information content (AvgIpc) is 3.05. The molecule has 1 aromatic rings. The molecule has 2 fully saturated rings. The lowest BCUT2D eigenvalue weighted by Crippen LogP contribution is -2.48. The van der Waals surface area contributed by atoms with Gasteiger partial charge in [0.1, 0.15) is 6.04 Å². The SMILES string of the molecule is CCC1(CC)CNC(=O)C1NC(=O)c1cccc(NC(=O)C2CCCCC2)c1. The summed E-state index contributed by atoms with van der Waals surface area (Å²) in [5, 5.41) is 8.75. The first-order valence-electron chi connectivity index (χ1n) is 10.5. The molecule has 1 saturated heterocycles. The molecule has 1 aliphatic carbocycles. The van der Waals surface area contributed by atoms with Gasteiger partial charge in [0, 0.05) is 29.1 Å². The number of nitrogens with one attached hydrogen (secondary N) is 3. The molecule has 152 valence electrons. The van der Waals surface area contributed by atoms with Gasteiger partial charge in [0.25, 0.3) is 5.91 Å². The summed E-state index contributed by atoms with van der Waals surface area (Å²) in [4.78, 5) is 37.5. The Labute approximate surface area is 166 Å². The van der Waals surface area contributed by atoms with Gasteiger partial charge in [0.2, 0.25) is 11.8 Å². The second-order valence-corrected chi connectivity index (χ2v) is 8.10. The molecule has 0 aromatic heterocycles. The molecule has 1 atom stereocenters. The van der Waals surface area contributed by atoms with E-state index in [1.165, 1.54) is 6.42 Å². The molecule has 0 spiro atoms. The first kappa shape index (κ1) is 20.4. The molecule has 2 aliphatic rings. The third kappa shape index (κ3) is 4.21. The molecule has 1 heterocycles. The quantitative estimate of drug-likeness (QED) is 0.702. The molecular formula is C22H31N3O3. The van der Waals surface area contributed by atoms with Crippen molar-refractivity contribution in [3.8, 4) is 0 Å². The number of hydrogen-bond acceptors (Lipinski definition) is 3. The van der Waals surface area contributed by atoms with E-state index < -0.39 is 6.04 Å². The molecular weight excluding hydrogens is 354 g/mol. The predicted octanol–water partition coefficient (Wildman–Crippen LogP) is 3.24. The molecule has 1 saturated carbocycles. The monoisotopic (exact) mass is 385 g/mol. The van der Waals surface area contributed by atoms with E-state index in [2.05, 4.69) is 16.0 Å². The minimum atomic E-state index is -0.532. The van der Waals surface area contributed by atoms with E-state index in [0.29, 0.717) is 17.8 Å². The standard InChI is InChI=1S/C22H31N3O3/c1-3-22(4-2)14-23-21(28)18(22)25-20(27)16-11-8-12-17(13-16)24-19(26)15-9-6-5-7-10-15/h8,11-13,15,18H,3-7,9-10,14H2,1-2H3,(H,23,28)(H,24,26)(H,25,27).